The van der Waals surface area contributed by atoms with Crippen LogP contribution in [0, 0.1) is 22.7 Å². The van der Waals surface area contributed by atoms with E-state index >= 15 is 0 Å². The van der Waals surface area contributed by atoms with Crippen LogP contribution >= 0.6 is 0 Å². The minimum Gasteiger partial charge on any atom is -0.458 e. The van der Waals surface area contributed by atoms with Gasteiger partial charge in [-0.2, -0.15) is 10.5 Å². The Bertz CT molecular complexity index is 572. The van der Waals surface area contributed by atoms with E-state index in [-0.39, 0.29) is 24.4 Å². The second-order valence-corrected chi connectivity index (χ2v) is 4.02. The fraction of sp³-hybridized carbons (Fsp3) is 0.250. The maximum Gasteiger partial charge on any atom is 0.349 e. The predicted molar refractivity (Wildman–Crippen MR) is 78.9 cm³/mol. The van der Waals surface area contributed by atoms with Crippen molar-refractivity contribution in [3.63, 3.8) is 0 Å². The minimum atomic E-state index is -0.825. The third kappa shape index (κ3) is 5.48. The second kappa shape index (κ2) is 9.73. The largest absolute Gasteiger partial charge is 0.458 e. The molecule has 0 fully saturated rings. The van der Waals surface area contributed by atoms with Crippen LogP contribution in [0.1, 0.15) is 13.8 Å². The smallest absolute Gasteiger partial charge is 0.349 e. The topological polar surface area (TPSA) is 100 Å². The molecule has 0 N–H and O–H groups in total. The summed E-state index contributed by atoms with van der Waals surface area (Å²) in [6.45, 7) is 9.55. The number of nitrogens with zero attached hydrogens (tertiary/aromatic N) is 2. The first kappa shape index (κ1) is 18.9. The van der Waals surface area contributed by atoms with E-state index in [0.717, 1.165) is 0 Å². The summed E-state index contributed by atoms with van der Waals surface area (Å²) in [5.41, 5.74) is 0.449. The van der Waals surface area contributed by atoms with Crippen molar-refractivity contribution in [3.05, 3.63) is 47.6 Å². The molecule has 0 aliphatic carbocycles. The van der Waals surface area contributed by atoms with Gasteiger partial charge in [-0.25, -0.2) is 9.59 Å². The number of allylic oxidation sites excluding steroid dienone is 4. The molecule has 0 amide bonds. The molecule has 0 atom stereocenters. The molecule has 0 aromatic heterocycles. The number of hydrogen-bond donors (Lipinski definition) is 0. The summed E-state index contributed by atoms with van der Waals surface area (Å²) in [7, 11) is 0. The summed E-state index contributed by atoms with van der Waals surface area (Å²) in [6, 6.07) is 3.43. The van der Waals surface area contributed by atoms with Crippen molar-refractivity contribution in [3.8, 4) is 12.1 Å². The highest BCUT2D eigenvalue weighted by molar-refractivity contribution is 5.94. The van der Waals surface area contributed by atoms with Crippen molar-refractivity contribution in [1.82, 2.24) is 0 Å². The number of hydrogen-bond acceptors (Lipinski definition) is 6. The monoisotopic (exact) mass is 300 g/mol. The van der Waals surface area contributed by atoms with Crippen molar-refractivity contribution in [2.75, 3.05) is 13.2 Å². The maximum absolute atomic E-state index is 11.6. The van der Waals surface area contributed by atoms with E-state index in [2.05, 4.69) is 13.2 Å². The second-order valence-electron chi connectivity index (χ2n) is 4.02. The van der Waals surface area contributed by atoms with Crippen molar-refractivity contribution in [2.24, 2.45) is 0 Å². The lowest BCUT2D eigenvalue weighted by molar-refractivity contribution is -0.146. The SMILES string of the molecule is C=CC(C)=C(C#N)C(=O)OCCOC(=O)C(C#N)=C(C)C=C. The molecule has 114 valence electrons. The van der Waals surface area contributed by atoms with Gasteiger partial charge in [-0.05, 0) is 25.0 Å². The quantitative estimate of drug-likeness (QED) is 0.235. The summed E-state index contributed by atoms with van der Waals surface area (Å²) >= 11 is 0. The van der Waals surface area contributed by atoms with E-state index in [1.54, 1.807) is 26.0 Å². The van der Waals surface area contributed by atoms with Gasteiger partial charge in [0.05, 0.1) is 0 Å². The van der Waals surface area contributed by atoms with Gasteiger partial charge in [0, 0.05) is 0 Å². The van der Waals surface area contributed by atoms with Crippen LogP contribution in [0.5, 0.6) is 0 Å². The fourth-order valence-electron chi connectivity index (χ4n) is 1.21. The highest BCUT2D eigenvalue weighted by atomic mass is 16.6. The predicted octanol–water partition coefficient (Wildman–Crippen LogP) is 2.12. The molecule has 0 aromatic carbocycles. The van der Waals surface area contributed by atoms with E-state index < -0.39 is 11.9 Å². The molecular formula is C16H16N2O4. The molecule has 6 heteroatoms. The van der Waals surface area contributed by atoms with Crippen LogP contribution in [-0.2, 0) is 19.1 Å². The fourth-order valence-corrected chi connectivity index (χ4v) is 1.21. The Morgan fingerprint density at radius 1 is 0.909 bits per heavy atom. The molecule has 0 bridgehead atoms. The van der Waals surface area contributed by atoms with E-state index in [9.17, 15) is 9.59 Å². The molecule has 0 aromatic rings. The molecule has 22 heavy (non-hydrogen) atoms. The summed E-state index contributed by atoms with van der Waals surface area (Å²) in [6.07, 6.45) is 2.73. The van der Waals surface area contributed by atoms with Gasteiger partial charge in [0.2, 0.25) is 0 Å². The number of esters is 2. The summed E-state index contributed by atoms with van der Waals surface area (Å²) in [5.74, 6) is -1.65. The average molecular weight is 300 g/mol. The van der Waals surface area contributed by atoms with E-state index in [0.29, 0.717) is 11.1 Å². The van der Waals surface area contributed by atoms with Crippen LogP contribution < -0.4 is 0 Å². The first-order chi connectivity index (χ1) is 10.4. The van der Waals surface area contributed by atoms with Crippen molar-refractivity contribution in [1.29, 1.82) is 10.5 Å². The zero-order valence-corrected chi connectivity index (χ0v) is 12.5. The number of ether oxygens (including phenoxy) is 2. The van der Waals surface area contributed by atoms with Crippen LogP contribution in [-0.4, -0.2) is 25.2 Å². The Labute approximate surface area is 129 Å². The molecule has 0 aliphatic rings. The molecule has 6 nitrogen and oxygen atoms in total. The first-order valence-electron chi connectivity index (χ1n) is 6.23. The number of rotatable bonds is 7. The number of nitriles is 2. The minimum absolute atomic E-state index is 0.165. The van der Waals surface area contributed by atoms with Crippen molar-refractivity contribution in [2.45, 2.75) is 13.8 Å². The van der Waals surface area contributed by atoms with Crippen LogP contribution in [0.2, 0.25) is 0 Å². The zero-order chi connectivity index (χ0) is 17.1. The van der Waals surface area contributed by atoms with Gasteiger partial charge in [0.25, 0.3) is 0 Å². The molecule has 0 saturated carbocycles. The van der Waals surface area contributed by atoms with Crippen LogP contribution in [0.15, 0.2) is 47.6 Å². The Hall–Kier alpha value is -3.12. The standard InChI is InChI=1S/C16H16N2O4/c1-5-11(3)13(9-17)15(19)21-7-8-22-16(20)14(10-18)12(4)6-2/h5-6H,1-2,7-8H2,3-4H3. The number of carbonyl (C=O) groups excluding carboxylic acids is 2. The normalized spacial score (nSPS) is 11.8. The third-order valence-electron chi connectivity index (χ3n) is 2.58. The Morgan fingerprint density at radius 2 is 1.23 bits per heavy atom. The Kier molecular flexibility index (Phi) is 8.35. The zero-order valence-electron chi connectivity index (χ0n) is 12.5. The molecule has 0 aliphatic heterocycles. The molecular weight excluding hydrogens is 284 g/mol. The van der Waals surface area contributed by atoms with Gasteiger partial charge < -0.3 is 9.47 Å². The van der Waals surface area contributed by atoms with Gasteiger partial charge >= 0.3 is 11.9 Å². The first-order valence-corrected chi connectivity index (χ1v) is 6.23. The van der Waals surface area contributed by atoms with Gasteiger partial charge in [0.15, 0.2) is 0 Å². The van der Waals surface area contributed by atoms with Gasteiger partial charge in [-0.15, -0.1) is 0 Å². The van der Waals surface area contributed by atoms with Crippen LogP contribution in [0.3, 0.4) is 0 Å². The highest BCUT2D eigenvalue weighted by Gasteiger charge is 2.15. The lowest BCUT2D eigenvalue weighted by Gasteiger charge is -2.06. The van der Waals surface area contributed by atoms with Crippen LogP contribution in [0.4, 0.5) is 0 Å². The highest BCUT2D eigenvalue weighted by Crippen LogP contribution is 2.07. The Balaban J connectivity index is 4.53. The lowest BCUT2D eigenvalue weighted by atomic mass is 10.1. The van der Waals surface area contributed by atoms with Gasteiger partial charge in [-0.3, -0.25) is 0 Å². The summed E-state index contributed by atoms with van der Waals surface area (Å²) in [4.78, 5) is 23.2. The van der Waals surface area contributed by atoms with E-state index in [1.165, 1.54) is 12.2 Å². The van der Waals surface area contributed by atoms with Gasteiger partial charge in [0.1, 0.15) is 36.5 Å². The van der Waals surface area contributed by atoms with E-state index in [1.807, 2.05) is 0 Å². The Morgan fingerprint density at radius 3 is 1.45 bits per heavy atom. The summed E-state index contributed by atoms with van der Waals surface area (Å²) < 4.78 is 9.61. The van der Waals surface area contributed by atoms with Crippen molar-refractivity contribution < 1.29 is 19.1 Å². The van der Waals surface area contributed by atoms with E-state index in [4.69, 9.17) is 20.0 Å². The molecule has 0 radical (unpaired) electrons. The van der Waals surface area contributed by atoms with Gasteiger partial charge in [-0.1, -0.05) is 25.3 Å². The van der Waals surface area contributed by atoms with Crippen LogP contribution in [0.25, 0.3) is 0 Å². The molecule has 0 unspecified atom stereocenters. The third-order valence-corrected chi connectivity index (χ3v) is 2.58. The average Bonchev–Trinajstić information content (AvgIpc) is 2.52. The maximum atomic E-state index is 11.6. The molecule has 0 spiro atoms. The lowest BCUT2D eigenvalue weighted by Crippen LogP contribution is -2.16. The molecule has 0 saturated heterocycles. The molecule has 0 rings (SSSR count). The molecule has 0 heterocycles. The summed E-state index contributed by atoms with van der Waals surface area (Å²) in [5, 5.41) is 17.7. The van der Waals surface area contributed by atoms with Crippen molar-refractivity contribution >= 4 is 11.9 Å². The number of carbonyl (C=O) groups is 2.